The summed E-state index contributed by atoms with van der Waals surface area (Å²) in [5, 5.41) is 8.86. The Labute approximate surface area is 92.8 Å². The number of carboxylic acid groups (broad SMARTS) is 1. The van der Waals surface area contributed by atoms with E-state index in [2.05, 4.69) is 0 Å². The van der Waals surface area contributed by atoms with Crippen molar-refractivity contribution >= 4 is 28.9 Å². The SMILES string of the molecule is Nc1ccc(C(=O)O)c(N)c1CCCCl. The van der Waals surface area contributed by atoms with E-state index in [0.29, 0.717) is 23.6 Å². The number of hydrogen-bond donors (Lipinski definition) is 3. The first kappa shape index (κ1) is 11.7. The highest BCUT2D eigenvalue weighted by atomic mass is 35.5. The molecule has 0 bridgehead atoms. The largest absolute Gasteiger partial charge is 0.478 e. The Morgan fingerprint density at radius 3 is 2.60 bits per heavy atom. The lowest BCUT2D eigenvalue weighted by molar-refractivity contribution is 0.0698. The van der Waals surface area contributed by atoms with Crippen molar-refractivity contribution in [1.29, 1.82) is 0 Å². The van der Waals surface area contributed by atoms with Crippen LogP contribution in [0.4, 0.5) is 11.4 Å². The molecule has 0 aromatic heterocycles. The summed E-state index contributed by atoms with van der Waals surface area (Å²) < 4.78 is 0. The molecule has 1 aromatic rings. The summed E-state index contributed by atoms with van der Waals surface area (Å²) in [4.78, 5) is 10.8. The first-order chi connectivity index (χ1) is 7.07. The van der Waals surface area contributed by atoms with Crippen LogP contribution in [0.2, 0.25) is 0 Å². The minimum absolute atomic E-state index is 0.0915. The number of rotatable bonds is 4. The fourth-order valence-electron chi connectivity index (χ4n) is 1.39. The molecule has 5 N–H and O–H groups in total. The molecule has 0 aliphatic heterocycles. The van der Waals surface area contributed by atoms with Crippen molar-refractivity contribution in [3.8, 4) is 0 Å². The van der Waals surface area contributed by atoms with Crippen LogP contribution in [0.1, 0.15) is 22.3 Å². The van der Waals surface area contributed by atoms with Crippen molar-refractivity contribution in [1.82, 2.24) is 0 Å². The molecule has 15 heavy (non-hydrogen) atoms. The summed E-state index contributed by atoms with van der Waals surface area (Å²) in [5.74, 6) is -0.546. The van der Waals surface area contributed by atoms with Gasteiger partial charge in [0, 0.05) is 11.6 Å². The van der Waals surface area contributed by atoms with E-state index < -0.39 is 5.97 Å². The molecule has 0 radical (unpaired) electrons. The monoisotopic (exact) mass is 228 g/mol. The van der Waals surface area contributed by atoms with Gasteiger partial charge in [0.2, 0.25) is 0 Å². The molecule has 0 amide bonds. The minimum Gasteiger partial charge on any atom is -0.478 e. The van der Waals surface area contributed by atoms with Crippen LogP contribution in [0.25, 0.3) is 0 Å². The van der Waals surface area contributed by atoms with Crippen LogP contribution in [0, 0.1) is 0 Å². The smallest absolute Gasteiger partial charge is 0.337 e. The van der Waals surface area contributed by atoms with Gasteiger partial charge in [0.1, 0.15) is 0 Å². The number of alkyl halides is 1. The first-order valence-electron chi connectivity index (χ1n) is 4.54. The Kier molecular flexibility index (Phi) is 3.80. The van der Waals surface area contributed by atoms with Crippen LogP contribution in [0.5, 0.6) is 0 Å². The van der Waals surface area contributed by atoms with Crippen LogP contribution in [-0.2, 0) is 6.42 Å². The predicted octanol–water partition coefficient (Wildman–Crippen LogP) is 1.72. The highest BCUT2D eigenvalue weighted by Gasteiger charge is 2.13. The van der Waals surface area contributed by atoms with Crippen molar-refractivity contribution < 1.29 is 9.90 Å². The van der Waals surface area contributed by atoms with Crippen molar-refractivity contribution in [2.24, 2.45) is 0 Å². The highest BCUT2D eigenvalue weighted by molar-refractivity contribution is 6.17. The van der Waals surface area contributed by atoms with Crippen LogP contribution < -0.4 is 11.5 Å². The maximum Gasteiger partial charge on any atom is 0.337 e. The molecule has 0 saturated heterocycles. The van der Waals surface area contributed by atoms with Crippen LogP contribution in [-0.4, -0.2) is 17.0 Å². The number of aromatic carboxylic acids is 1. The fourth-order valence-corrected chi connectivity index (χ4v) is 1.52. The van der Waals surface area contributed by atoms with E-state index in [4.69, 9.17) is 28.2 Å². The summed E-state index contributed by atoms with van der Waals surface area (Å²) in [7, 11) is 0. The fraction of sp³-hybridized carbons (Fsp3) is 0.300. The zero-order chi connectivity index (χ0) is 11.4. The Morgan fingerprint density at radius 2 is 2.07 bits per heavy atom. The minimum atomic E-state index is -1.04. The van der Waals surface area contributed by atoms with E-state index in [1.165, 1.54) is 6.07 Å². The van der Waals surface area contributed by atoms with Crippen molar-refractivity contribution in [2.45, 2.75) is 12.8 Å². The normalized spacial score (nSPS) is 10.2. The van der Waals surface area contributed by atoms with Crippen LogP contribution in [0.15, 0.2) is 12.1 Å². The van der Waals surface area contributed by atoms with E-state index in [-0.39, 0.29) is 11.3 Å². The predicted molar refractivity (Wildman–Crippen MR) is 61.3 cm³/mol. The second-order valence-corrected chi connectivity index (χ2v) is 3.57. The number of carboxylic acids is 1. The Morgan fingerprint density at radius 1 is 1.40 bits per heavy atom. The molecule has 0 aliphatic rings. The molecular formula is C10H13ClN2O2. The average molecular weight is 229 g/mol. The van der Waals surface area contributed by atoms with Crippen molar-refractivity contribution in [3.05, 3.63) is 23.3 Å². The van der Waals surface area contributed by atoms with Gasteiger partial charge in [-0.2, -0.15) is 0 Å². The summed E-state index contributed by atoms with van der Waals surface area (Å²) in [6.45, 7) is 0. The zero-order valence-electron chi connectivity index (χ0n) is 8.16. The highest BCUT2D eigenvalue weighted by Crippen LogP contribution is 2.25. The van der Waals surface area contributed by atoms with Gasteiger partial charge in [0.05, 0.1) is 11.3 Å². The third-order valence-corrected chi connectivity index (χ3v) is 2.45. The molecule has 1 aromatic carbocycles. The number of anilines is 2. The van der Waals surface area contributed by atoms with Gasteiger partial charge in [-0.15, -0.1) is 11.6 Å². The summed E-state index contributed by atoms with van der Waals surface area (Å²) in [6.07, 6.45) is 1.32. The zero-order valence-corrected chi connectivity index (χ0v) is 8.92. The summed E-state index contributed by atoms with van der Waals surface area (Å²) in [6, 6.07) is 2.97. The van der Waals surface area contributed by atoms with E-state index >= 15 is 0 Å². The second kappa shape index (κ2) is 4.89. The number of nitrogens with two attached hydrogens (primary N) is 2. The molecule has 82 valence electrons. The maximum atomic E-state index is 10.8. The van der Waals surface area contributed by atoms with Gasteiger partial charge < -0.3 is 16.6 Å². The molecule has 5 heteroatoms. The molecule has 0 heterocycles. The molecular weight excluding hydrogens is 216 g/mol. The van der Waals surface area contributed by atoms with Crippen LogP contribution in [0.3, 0.4) is 0 Å². The van der Waals surface area contributed by atoms with Crippen molar-refractivity contribution in [2.75, 3.05) is 17.3 Å². The molecule has 0 fully saturated rings. The summed E-state index contributed by atoms with van der Waals surface area (Å²) in [5.41, 5.74) is 13.0. The number of nitrogen functional groups attached to an aromatic ring is 2. The van der Waals surface area contributed by atoms with Gasteiger partial charge in [-0.1, -0.05) is 0 Å². The number of hydrogen-bond acceptors (Lipinski definition) is 3. The van der Waals surface area contributed by atoms with Crippen LogP contribution >= 0.6 is 11.6 Å². The Hall–Kier alpha value is -1.42. The van der Waals surface area contributed by atoms with Gasteiger partial charge in [0.15, 0.2) is 0 Å². The molecule has 0 atom stereocenters. The average Bonchev–Trinajstić information content (AvgIpc) is 2.17. The first-order valence-corrected chi connectivity index (χ1v) is 5.07. The van der Waals surface area contributed by atoms with Gasteiger partial charge in [-0.3, -0.25) is 0 Å². The Balaban J connectivity index is 3.12. The Bertz CT molecular complexity index is 380. The summed E-state index contributed by atoms with van der Waals surface area (Å²) >= 11 is 5.56. The molecule has 0 spiro atoms. The lowest BCUT2D eigenvalue weighted by Gasteiger charge is -2.10. The molecule has 1 rings (SSSR count). The van der Waals surface area contributed by atoms with E-state index in [1.807, 2.05) is 0 Å². The number of carbonyl (C=O) groups is 1. The third kappa shape index (κ3) is 2.53. The van der Waals surface area contributed by atoms with Crippen molar-refractivity contribution in [3.63, 3.8) is 0 Å². The number of halogens is 1. The van der Waals surface area contributed by atoms with Gasteiger partial charge in [0.25, 0.3) is 0 Å². The van der Waals surface area contributed by atoms with E-state index in [1.54, 1.807) is 6.07 Å². The maximum absolute atomic E-state index is 10.8. The number of benzene rings is 1. The van der Waals surface area contributed by atoms with E-state index in [0.717, 1.165) is 6.42 Å². The van der Waals surface area contributed by atoms with Gasteiger partial charge >= 0.3 is 5.97 Å². The molecule has 0 aliphatic carbocycles. The van der Waals surface area contributed by atoms with Gasteiger partial charge in [-0.25, -0.2) is 4.79 Å². The lowest BCUT2D eigenvalue weighted by atomic mass is 10.0. The molecule has 0 saturated carbocycles. The third-order valence-electron chi connectivity index (χ3n) is 2.18. The lowest BCUT2D eigenvalue weighted by Crippen LogP contribution is -2.08. The standard InChI is InChI=1S/C10H13ClN2O2/c11-5-1-2-6-8(12)4-3-7(9(6)13)10(14)15/h3-4H,1-2,5,12-13H2,(H,14,15). The van der Waals surface area contributed by atoms with Gasteiger partial charge in [-0.05, 0) is 30.5 Å². The topological polar surface area (TPSA) is 89.3 Å². The quantitative estimate of drug-likeness (QED) is 0.541. The second-order valence-electron chi connectivity index (χ2n) is 3.19. The molecule has 4 nitrogen and oxygen atoms in total. The van der Waals surface area contributed by atoms with E-state index in [9.17, 15) is 4.79 Å². The molecule has 0 unspecified atom stereocenters.